The van der Waals surface area contributed by atoms with Crippen LogP contribution in [0.5, 0.6) is 0 Å². The van der Waals surface area contributed by atoms with E-state index in [2.05, 4.69) is 4.98 Å². The number of ketones is 1. The first-order chi connectivity index (χ1) is 13.9. The van der Waals surface area contributed by atoms with Crippen molar-refractivity contribution in [2.45, 2.75) is 45.3 Å². The fourth-order valence-electron chi connectivity index (χ4n) is 4.19. The Balaban J connectivity index is 1.65. The molecule has 7 heteroatoms. The summed E-state index contributed by atoms with van der Waals surface area (Å²) in [5.74, 6) is -0.929. The normalized spacial score (nSPS) is 19.4. The maximum Gasteiger partial charge on any atom is 0.302 e. The molecule has 3 aromatic rings. The second-order valence-corrected chi connectivity index (χ2v) is 7.52. The summed E-state index contributed by atoms with van der Waals surface area (Å²) < 4.78 is 20.4. The van der Waals surface area contributed by atoms with E-state index in [1.165, 1.54) is 29.7 Å². The fourth-order valence-corrected chi connectivity index (χ4v) is 4.19. The molecule has 0 saturated heterocycles. The van der Waals surface area contributed by atoms with Crippen LogP contribution in [0.3, 0.4) is 0 Å². The van der Waals surface area contributed by atoms with Gasteiger partial charge < -0.3 is 9.30 Å². The number of rotatable bonds is 4. The van der Waals surface area contributed by atoms with Gasteiger partial charge in [0.05, 0.1) is 12.1 Å². The number of hydrogen-bond donors (Lipinski definition) is 0. The summed E-state index contributed by atoms with van der Waals surface area (Å²) >= 11 is 0. The van der Waals surface area contributed by atoms with Crippen LogP contribution < -0.4 is 5.56 Å². The molecule has 0 radical (unpaired) electrons. The standard InChI is InChI=1S/C22H21FN2O4/c1-13(26)29-16-5-2-14(3-6-16)21(27)12-25-20-8-9-24-11-19(20)18-10-15(23)4-7-17(18)22(25)28/h4,7-11,14,16H,2-3,5-6,12H2,1H3/t14-,16-. The van der Waals surface area contributed by atoms with Gasteiger partial charge in [0, 0.05) is 41.4 Å². The summed E-state index contributed by atoms with van der Waals surface area (Å²) in [4.78, 5) is 41.2. The highest BCUT2D eigenvalue weighted by Gasteiger charge is 2.28. The SMILES string of the molecule is CC(=O)O[C@H]1CC[C@H](C(=O)Cn2c(=O)c3ccc(F)cc3c3cnccc32)CC1. The summed E-state index contributed by atoms with van der Waals surface area (Å²) in [6.07, 6.45) is 5.55. The van der Waals surface area contributed by atoms with Crippen molar-refractivity contribution < 1.29 is 18.7 Å². The Bertz CT molecular complexity index is 1160. The molecule has 150 valence electrons. The molecular weight excluding hydrogens is 375 g/mol. The van der Waals surface area contributed by atoms with Gasteiger partial charge in [-0.2, -0.15) is 0 Å². The first kappa shape index (κ1) is 19.2. The van der Waals surface area contributed by atoms with E-state index in [0.29, 0.717) is 47.4 Å². The van der Waals surface area contributed by atoms with Crippen molar-refractivity contribution in [2.24, 2.45) is 5.92 Å². The number of hydrogen-bond acceptors (Lipinski definition) is 5. The monoisotopic (exact) mass is 396 g/mol. The van der Waals surface area contributed by atoms with E-state index in [0.717, 1.165) is 0 Å². The Labute approximate surface area is 166 Å². The number of carbonyl (C=O) groups excluding carboxylic acids is 2. The maximum atomic E-state index is 13.7. The number of carbonyl (C=O) groups is 2. The number of pyridine rings is 2. The molecule has 0 atom stereocenters. The molecule has 0 bridgehead atoms. The Hall–Kier alpha value is -3.09. The van der Waals surface area contributed by atoms with Crippen molar-refractivity contribution in [1.29, 1.82) is 0 Å². The van der Waals surface area contributed by atoms with E-state index in [1.807, 2.05) is 0 Å². The highest BCUT2D eigenvalue weighted by atomic mass is 19.1. The third-order valence-electron chi connectivity index (χ3n) is 5.61. The highest BCUT2D eigenvalue weighted by molar-refractivity contribution is 6.05. The number of halogens is 1. The van der Waals surface area contributed by atoms with Crippen LogP contribution in [0, 0.1) is 11.7 Å². The Morgan fingerprint density at radius 2 is 1.90 bits per heavy atom. The third kappa shape index (κ3) is 3.77. The van der Waals surface area contributed by atoms with Gasteiger partial charge in [-0.3, -0.25) is 19.4 Å². The molecule has 2 heterocycles. The molecule has 0 unspecified atom stereocenters. The summed E-state index contributed by atoms with van der Waals surface area (Å²) in [6, 6.07) is 5.69. The van der Waals surface area contributed by atoms with Crippen molar-refractivity contribution in [1.82, 2.24) is 9.55 Å². The summed E-state index contributed by atoms with van der Waals surface area (Å²) in [6.45, 7) is 1.34. The molecule has 1 fully saturated rings. The average Bonchev–Trinajstić information content (AvgIpc) is 2.71. The van der Waals surface area contributed by atoms with E-state index in [1.54, 1.807) is 18.5 Å². The van der Waals surface area contributed by atoms with Gasteiger partial charge in [-0.25, -0.2) is 4.39 Å². The molecule has 6 nitrogen and oxygen atoms in total. The molecule has 0 N–H and O–H groups in total. The van der Waals surface area contributed by atoms with Gasteiger partial charge in [-0.15, -0.1) is 0 Å². The lowest BCUT2D eigenvalue weighted by molar-refractivity contribution is -0.148. The van der Waals surface area contributed by atoms with Crippen molar-refractivity contribution in [3.05, 3.63) is 52.8 Å². The van der Waals surface area contributed by atoms with Gasteiger partial charge in [0.1, 0.15) is 11.9 Å². The number of esters is 1. The molecule has 1 aliphatic carbocycles. The van der Waals surface area contributed by atoms with Crippen LogP contribution in [-0.2, 0) is 20.9 Å². The third-order valence-corrected chi connectivity index (χ3v) is 5.61. The van der Waals surface area contributed by atoms with Gasteiger partial charge in [0.2, 0.25) is 0 Å². The van der Waals surface area contributed by atoms with Crippen LogP contribution >= 0.6 is 0 Å². The largest absolute Gasteiger partial charge is 0.463 e. The molecule has 4 rings (SSSR count). The molecule has 1 aliphatic rings. The van der Waals surface area contributed by atoms with Crippen molar-refractivity contribution in [3.8, 4) is 0 Å². The van der Waals surface area contributed by atoms with Gasteiger partial charge in [0.25, 0.3) is 5.56 Å². The van der Waals surface area contributed by atoms with Crippen LogP contribution in [0.1, 0.15) is 32.6 Å². The van der Waals surface area contributed by atoms with E-state index in [9.17, 15) is 18.8 Å². The highest BCUT2D eigenvalue weighted by Crippen LogP contribution is 2.28. The minimum atomic E-state index is -0.430. The van der Waals surface area contributed by atoms with Crippen LogP contribution in [0.4, 0.5) is 4.39 Å². The maximum absolute atomic E-state index is 13.7. The smallest absolute Gasteiger partial charge is 0.302 e. The van der Waals surface area contributed by atoms with Gasteiger partial charge in [0.15, 0.2) is 5.78 Å². The quantitative estimate of drug-likeness (QED) is 0.499. The van der Waals surface area contributed by atoms with Crippen molar-refractivity contribution in [3.63, 3.8) is 0 Å². The number of aromatic nitrogens is 2. The topological polar surface area (TPSA) is 78.3 Å². The average molecular weight is 396 g/mol. The zero-order chi connectivity index (χ0) is 20.5. The first-order valence-corrected chi connectivity index (χ1v) is 9.69. The van der Waals surface area contributed by atoms with Crippen molar-refractivity contribution in [2.75, 3.05) is 0 Å². The van der Waals surface area contributed by atoms with Crippen LogP contribution in [0.2, 0.25) is 0 Å². The molecule has 29 heavy (non-hydrogen) atoms. The number of nitrogens with zero attached hydrogens (tertiary/aromatic N) is 2. The lowest BCUT2D eigenvalue weighted by Gasteiger charge is -2.27. The van der Waals surface area contributed by atoms with Crippen LogP contribution in [0.25, 0.3) is 21.7 Å². The predicted octanol–water partition coefficient (Wildman–Crippen LogP) is 3.38. The van der Waals surface area contributed by atoms with E-state index in [-0.39, 0.29) is 35.9 Å². The zero-order valence-corrected chi connectivity index (χ0v) is 16.1. The lowest BCUT2D eigenvalue weighted by Crippen LogP contribution is -2.32. The minimum Gasteiger partial charge on any atom is -0.463 e. The van der Waals surface area contributed by atoms with Gasteiger partial charge in [-0.05, 0) is 49.9 Å². The summed E-state index contributed by atoms with van der Waals surface area (Å²) in [5.41, 5.74) is 0.241. The number of ether oxygens (including phenoxy) is 1. The van der Waals surface area contributed by atoms with Crippen LogP contribution in [-0.4, -0.2) is 27.4 Å². The van der Waals surface area contributed by atoms with Gasteiger partial charge in [-0.1, -0.05) is 0 Å². The van der Waals surface area contributed by atoms with Crippen molar-refractivity contribution >= 4 is 33.4 Å². The fraction of sp³-hybridized carbons (Fsp3) is 0.364. The Morgan fingerprint density at radius 3 is 2.62 bits per heavy atom. The van der Waals surface area contributed by atoms with Crippen LogP contribution in [0.15, 0.2) is 41.5 Å². The molecule has 0 aliphatic heterocycles. The van der Waals surface area contributed by atoms with E-state index < -0.39 is 5.82 Å². The second-order valence-electron chi connectivity index (χ2n) is 7.52. The minimum absolute atomic E-state index is 0.0204. The molecule has 2 aromatic heterocycles. The molecule has 0 amide bonds. The number of Topliss-reactive ketones (excluding diaryl/α,β-unsaturated/α-hetero) is 1. The summed E-state index contributed by atoms with van der Waals surface area (Å²) in [5, 5.41) is 1.48. The molecule has 1 aromatic carbocycles. The molecule has 1 saturated carbocycles. The zero-order valence-electron chi connectivity index (χ0n) is 16.1. The van der Waals surface area contributed by atoms with Gasteiger partial charge >= 0.3 is 5.97 Å². The lowest BCUT2D eigenvalue weighted by atomic mass is 9.84. The Kier molecular flexibility index (Phi) is 5.13. The predicted molar refractivity (Wildman–Crippen MR) is 106 cm³/mol. The Morgan fingerprint density at radius 1 is 1.14 bits per heavy atom. The number of benzene rings is 1. The number of fused-ring (bicyclic) bond motifs is 3. The molecule has 0 spiro atoms. The van der Waals surface area contributed by atoms with E-state index in [4.69, 9.17) is 4.74 Å². The second kappa shape index (κ2) is 7.73. The first-order valence-electron chi connectivity index (χ1n) is 9.69. The summed E-state index contributed by atoms with van der Waals surface area (Å²) in [7, 11) is 0. The molecular formula is C22H21FN2O4. The van der Waals surface area contributed by atoms with E-state index >= 15 is 0 Å².